The molecular weight excluding hydrogens is 284 g/mol. The van der Waals surface area contributed by atoms with Crippen molar-refractivity contribution in [1.82, 2.24) is 0 Å². The minimum atomic E-state index is -0.900. The number of hydrogen-bond acceptors (Lipinski definition) is 2. The molecule has 0 aliphatic heterocycles. The van der Waals surface area contributed by atoms with Gasteiger partial charge in [-0.15, -0.1) is 6.42 Å². The van der Waals surface area contributed by atoms with Crippen LogP contribution in [0.5, 0.6) is 5.75 Å². The van der Waals surface area contributed by atoms with Crippen molar-refractivity contribution in [3.8, 4) is 18.1 Å². The Morgan fingerprint density at radius 2 is 2.09 bits per heavy atom. The van der Waals surface area contributed by atoms with Gasteiger partial charge in [-0.25, -0.2) is 0 Å². The van der Waals surface area contributed by atoms with Crippen molar-refractivity contribution in [2.24, 2.45) is 17.3 Å². The highest BCUT2D eigenvalue weighted by molar-refractivity contribution is 5.41. The van der Waals surface area contributed by atoms with Crippen LogP contribution in [0.25, 0.3) is 0 Å². The van der Waals surface area contributed by atoms with Crippen molar-refractivity contribution >= 4 is 0 Å². The maximum absolute atomic E-state index is 11.0. The molecule has 1 aromatic carbocycles. The van der Waals surface area contributed by atoms with E-state index in [0.29, 0.717) is 17.8 Å². The van der Waals surface area contributed by atoms with Crippen LogP contribution < -0.4 is 4.74 Å². The third-order valence-electron chi connectivity index (χ3n) is 7.32. The lowest BCUT2D eigenvalue weighted by Gasteiger charge is -2.52. The van der Waals surface area contributed by atoms with E-state index in [4.69, 9.17) is 11.2 Å². The monoisotopic (exact) mass is 310 g/mol. The van der Waals surface area contributed by atoms with Crippen LogP contribution in [0.1, 0.15) is 56.1 Å². The fourth-order valence-electron chi connectivity index (χ4n) is 5.94. The third-order valence-corrected chi connectivity index (χ3v) is 7.32. The zero-order valence-electron chi connectivity index (χ0n) is 14.1. The van der Waals surface area contributed by atoms with Gasteiger partial charge < -0.3 is 9.84 Å². The molecule has 3 aliphatic carbocycles. The van der Waals surface area contributed by atoms with Gasteiger partial charge in [-0.1, -0.05) is 18.9 Å². The number of aliphatic hydroxyl groups is 1. The Bertz CT molecular complexity index is 673. The quantitative estimate of drug-likeness (QED) is 0.797. The molecule has 0 bridgehead atoms. The number of benzene rings is 1. The number of terminal acetylenes is 1. The van der Waals surface area contributed by atoms with Crippen LogP contribution in [-0.2, 0) is 6.42 Å². The summed E-state index contributed by atoms with van der Waals surface area (Å²) in [5.74, 6) is 5.56. The van der Waals surface area contributed by atoms with Gasteiger partial charge >= 0.3 is 0 Å². The third kappa shape index (κ3) is 1.93. The maximum Gasteiger partial charge on any atom is 0.130 e. The van der Waals surface area contributed by atoms with Gasteiger partial charge in [0.2, 0.25) is 0 Å². The van der Waals surface area contributed by atoms with Gasteiger partial charge in [0.1, 0.15) is 11.4 Å². The second-order valence-corrected chi connectivity index (χ2v) is 7.98. The van der Waals surface area contributed by atoms with Crippen LogP contribution in [0, 0.1) is 29.6 Å². The molecule has 2 saturated carbocycles. The van der Waals surface area contributed by atoms with Gasteiger partial charge in [-0.3, -0.25) is 0 Å². The Hall–Kier alpha value is -1.46. The first kappa shape index (κ1) is 15.1. The molecule has 0 unspecified atom stereocenters. The molecule has 0 saturated heterocycles. The van der Waals surface area contributed by atoms with Crippen LogP contribution in [0.2, 0.25) is 0 Å². The molecule has 0 radical (unpaired) electrons. The fourth-order valence-corrected chi connectivity index (χ4v) is 5.94. The summed E-state index contributed by atoms with van der Waals surface area (Å²) in [6.07, 6.45) is 12.1. The lowest BCUT2D eigenvalue weighted by Crippen LogP contribution is -2.50. The Balaban J connectivity index is 1.70. The molecule has 0 amide bonds. The molecule has 4 rings (SSSR count). The molecule has 5 atom stereocenters. The standard InChI is InChI=1S/C21H26O2/c1-4-21(22)12-10-19-18-7-5-14-13-15(23-3)6-8-16(14)17(18)9-11-20(19,21)2/h1,6,8,13,17-19,22H,5,7,9-12H2,2-3H3/t17-,18+,19-,20-,21+/m0/s1. The van der Waals surface area contributed by atoms with Crippen LogP contribution in [0.15, 0.2) is 18.2 Å². The van der Waals surface area contributed by atoms with E-state index in [2.05, 4.69) is 31.0 Å². The van der Waals surface area contributed by atoms with E-state index in [-0.39, 0.29) is 5.41 Å². The number of rotatable bonds is 1. The SMILES string of the molecule is C#C[C@@]1(O)CC[C@H]2[C@@H]3CCc4cc(OC)ccc4[C@@H]3CC[C@@]21C. The second-order valence-electron chi connectivity index (χ2n) is 7.98. The zero-order chi connectivity index (χ0) is 16.2. The van der Waals surface area contributed by atoms with Crippen LogP contribution in [0.3, 0.4) is 0 Å². The van der Waals surface area contributed by atoms with Crippen LogP contribution in [0.4, 0.5) is 0 Å². The molecule has 2 nitrogen and oxygen atoms in total. The van der Waals surface area contributed by atoms with E-state index in [9.17, 15) is 5.11 Å². The molecule has 1 aromatic rings. The Morgan fingerprint density at radius 1 is 1.26 bits per heavy atom. The molecule has 1 N–H and O–H groups in total. The smallest absolute Gasteiger partial charge is 0.130 e. The molecule has 122 valence electrons. The first-order chi connectivity index (χ1) is 11.0. The lowest BCUT2D eigenvalue weighted by molar-refractivity contribution is -0.0646. The van der Waals surface area contributed by atoms with Gasteiger partial charge in [0.15, 0.2) is 0 Å². The van der Waals surface area contributed by atoms with Gasteiger partial charge in [-0.05, 0) is 79.5 Å². The number of ether oxygens (including phenoxy) is 1. The molecule has 23 heavy (non-hydrogen) atoms. The second kappa shape index (κ2) is 5.02. The summed E-state index contributed by atoms with van der Waals surface area (Å²) in [4.78, 5) is 0. The highest BCUT2D eigenvalue weighted by atomic mass is 16.5. The predicted molar refractivity (Wildman–Crippen MR) is 91.4 cm³/mol. The van der Waals surface area contributed by atoms with E-state index in [1.807, 2.05) is 0 Å². The first-order valence-electron chi connectivity index (χ1n) is 8.89. The first-order valence-corrected chi connectivity index (χ1v) is 8.89. The van der Waals surface area contributed by atoms with Crippen molar-refractivity contribution in [2.75, 3.05) is 7.11 Å². The van der Waals surface area contributed by atoms with Crippen molar-refractivity contribution in [3.05, 3.63) is 29.3 Å². The molecule has 2 heteroatoms. The number of hydrogen-bond donors (Lipinski definition) is 1. The van der Waals surface area contributed by atoms with E-state index in [1.165, 1.54) is 17.5 Å². The van der Waals surface area contributed by atoms with Crippen LogP contribution in [-0.4, -0.2) is 17.8 Å². The average Bonchev–Trinajstić information content (AvgIpc) is 2.86. The lowest BCUT2D eigenvalue weighted by atomic mass is 9.53. The van der Waals surface area contributed by atoms with Gasteiger partial charge in [0, 0.05) is 5.41 Å². The maximum atomic E-state index is 11.0. The van der Waals surface area contributed by atoms with Crippen LogP contribution >= 0.6 is 0 Å². The summed E-state index contributed by atoms with van der Waals surface area (Å²) in [6.45, 7) is 2.24. The Kier molecular flexibility index (Phi) is 3.29. The largest absolute Gasteiger partial charge is 0.497 e. The number of methoxy groups -OCH3 is 1. The van der Waals surface area contributed by atoms with Crippen molar-refractivity contribution in [2.45, 2.75) is 57.0 Å². The summed E-state index contributed by atoms with van der Waals surface area (Å²) in [5, 5.41) is 11.0. The number of aryl methyl sites for hydroxylation is 1. The molecule has 0 heterocycles. The molecular formula is C21H26O2. The summed E-state index contributed by atoms with van der Waals surface area (Å²) >= 11 is 0. The fraction of sp³-hybridized carbons (Fsp3) is 0.619. The highest BCUT2D eigenvalue weighted by Gasteiger charge is 2.61. The molecule has 3 aliphatic rings. The van der Waals surface area contributed by atoms with E-state index >= 15 is 0 Å². The minimum absolute atomic E-state index is 0.104. The van der Waals surface area contributed by atoms with Crippen molar-refractivity contribution < 1.29 is 9.84 Å². The minimum Gasteiger partial charge on any atom is -0.497 e. The van der Waals surface area contributed by atoms with E-state index < -0.39 is 5.60 Å². The zero-order valence-corrected chi connectivity index (χ0v) is 14.1. The van der Waals surface area contributed by atoms with Gasteiger partial charge in [0.25, 0.3) is 0 Å². The highest BCUT2D eigenvalue weighted by Crippen LogP contribution is 2.64. The van der Waals surface area contributed by atoms with Crippen molar-refractivity contribution in [1.29, 1.82) is 0 Å². The predicted octanol–water partition coefficient (Wildman–Crippen LogP) is 3.92. The van der Waals surface area contributed by atoms with Crippen molar-refractivity contribution in [3.63, 3.8) is 0 Å². The Morgan fingerprint density at radius 3 is 2.83 bits per heavy atom. The summed E-state index contributed by atoms with van der Waals surface area (Å²) in [5.41, 5.74) is 1.97. The summed E-state index contributed by atoms with van der Waals surface area (Å²) in [6, 6.07) is 6.59. The van der Waals surface area contributed by atoms with E-state index in [1.54, 1.807) is 7.11 Å². The van der Waals surface area contributed by atoms with Gasteiger partial charge in [-0.2, -0.15) is 0 Å². The topological polar surface area (TPSA) is 29.5 Å². The average molecular weight is 310 g/mol. The number of fused-ring (bicyclic) bond motifs is 5. The molecule has 2 fully saturated rings. The summed E-state index contributed by atoms with van der Waals surface area (Å²) in [7, 11) is 1.73. The molecule has 0 aromatic heterocycles. The Labute approximate surface area is 139 Å². The summed E-state index contributed by atoms with van der Waals surface area (Å²) < 4.78 is 5.39. The molecule has 0 spiro atoms. The van der Waals surface area contributed by atoms with Gasteiger partial charge in [0.05, 0.1) is 7.11 Å². The van der Waals surface area contributed by atoms with E-state index in [0.717, 1.165) is 37.9 Å². The normalized spacial score (nSPS) is 41.4.